The van der Waals surface area contributed by atoms with Crippen LogP contribution in [-0.2, 0) is 4.74 Å². The number of alkyl carbamates (subject to hydrolysis) is 1. The standard InChI is InChI=1S/C15H17N3O2/c1-11-8-12(10-18-13(11)9-16)6-5-7-17-14(19)20-15(2,3)4/h8,10H,7H2,1-4H3,(H,17,19). The van der Waals surface area contributed by atoms with Gasteiger partial charge in [0.15, 0.2) is 0 Å². The fourth-order valence-electron chi connectivity index (χ4n) is 1.34. The van der Waals surface area contributed by atoms with Crippen LogP contribution in [0.1, 0.15) is 37.6 Å². The molecule has 1 aromatic rings. The molecule has 0 aliphatic rings. The summed E-state index contributed by atoms with van der Waals surface area (Å²) in [5.74, 6) is 5.66. The molecule has 0 radical (unpaired) electrons. The van der Waals surface area contributed by atoms with Gasteiger partial charge in [0.25, 0.3) is 0 Å². The second-order valence-electron chi connectivity index (χ2n) is 5.16. The van der Waals surface area contributed by atoms with Crippen LogP contribution in [0.15, 0.2) is 12.3 Å². The third kappa shape index (κ3) is 5.41. The Morgan fingerprint density at radius 3 is 2.75 bits per heavy atom. The van der Waals surface area contributed by atoms with Gasteiger partial charge < -0.3 is 10.1 Å². The number of rotatable bonds is 1. The lowest BCUT2D eigenvalue weighted by Crippen LogP contribution is -2.32. The summed E-state index contributed by atoms with van der Waals surface area (Å²) in [6.07, 6.45) is 1.03. The summed E-state index contributed by atoms with van der Waals surface area (Å²) in [5.41, 5.74) is 1.35. The molecular weight excluding hydrogens is 254 g/mol. The van der Waals surface area contributed by atoms with Crippen LogP contribution in [-0.4, -0.2) is 23.2 Å². The van der Waals surface area contributed by atoms with Crippen LogP contribution < -0.4 is 5.32 Å². The van der Waals surface area contributed by atoms with Gasteiger partial charge in [-0.05, 0) is 39.3 Å². The van der Waals surface area contributed by atoms with Crippen molar-refractivity contribution in [3.05, 3.63) is 29.1 Å². The molecule has 1 heterocycles. The molecule has 5 nitrogen and oxygen atoms in total. The number of aryl methyl sites for hydroxylation is 1. The van der Waals surface area contributed by atoms with Crippen molar-refractivity contribution < 1.29 is 9.53 Å². The van der Waals surface area contributed by atoms with E-state index in [4.69, 9.17) is 10.00 Å². The maximum absolute atomic E-state index is 11.4. The molecule has 104 valence electrons. The molecule has 1 amide bonds. The molecule has 0 aromatic carbocycles. The van der Waals surface area contributed by atoms with Crippen molar-refractivity contribution in [2.45, 2.75) is 33.3 Å². The number of nitriles is 1. The summed E-state index contributed by atoms with van der Waals surface area (Å²) in [4.78, 5) is 15.3. The smallest absolute Gasteiger partial charge is 0.408 e. The van der Waals surface area contributed by atoms with Crippen LogP contribution in [0.5, 0.6) is 0 Å². The van der Waals surface area contributed by atoms with E-state index < -0.39 is 11.7 Å². The monoisotopic (exact) mass is 271 g/mol. The molecule has 1 N–H and O–H groups in total. The highest BCUT2D eigenvalue weighted by Gasteiger charge is 2.14. The second kappa shape index (κ2) is 6.58. The Kier molecular flexibility index (Phi) is 5.11. The molecule has 0 aliphatic heterocycles. The van der Waals surface area contributed by atoms with Crippen LogP contribution in [0.25, 0.3) is 0 Å². The van der Waals surface area contributed by atoms with Gasteiger partial charge in [-0.25, -0.2) is 9.78 Å². The highest BCUT2D eigenvalue weighted by Crippen LogP contribution is 2.06. The summed E-state index contributed by atoms with van der Waals surface area (Å²) in [7, 11) is 0. The van der Waals surface area contributed by atoms with Crippen LogP contribution >= 0.6 is 0 Å². The number of amides is 1. The lowest BCUT2D eigenvalue weighted by atomic mass is 10.1. The number of carbonyl (C=O) groups excluding carboxylic acids is 1. The fourth-order valence-corrected chi connectivity index (χ4v) is 1.34. The van der Waals surface area contributed by atoms with Crippen LogP contribution in [0.4, 0.5) is 4.79 Å². The molecule has 0 saturated heterocycles. The van der Waals surface area contributed by atoms with Gasteiger partial charge in [-0.2, -0.15) is 5.26 Å². The second-order valence-corrected chi connectivity index (χ2v) is 5.16. The van der Waals surface area contributed by atoms with Crippen LogP contribution in [0.2, 0.25) is 0 Å². The molecule has 0 atom stereocenters. The lowest BCUT2D eigenvalue weighted by Gasteiger charge is -2.18. The highest BCUT2D eigenvalue weighted by molar-refractivity contribution is 5.68. The van der Waals surface area contributed by atoms with Crippen molar-refractivity contribution in [3.63, 3.8) is 0 Å². The predicted molar refractivity (Wildman–Crippen MR) is 74.8 cm³/mol. The number of nitrogens with one attached hydrogen (secondary N) is 1. The zero-order valence-electron chi connectivity index (χ0n) is 12.1. The number of hydrogen-bond acceptors (Lipinski definition) is 4. The zero-order valence-corrected chi connectivity index (χ0v) is 12.1. The molecule has 0 aliphatic carbocycles. The highest BCUT2D eigenvalue weighted by atomic mass is 16.6. The Hall–Kier alpha value is -2.53. The van der Waals surface area contributed by atoms with Gasteiger partial charge in [-0.15, -0.1) is 0 Å². The third-order valence-corrected chi connectivity index (χ3v) is 2.14. The van der Waals surface area contributed by atoms with E-state index in [1.165, 1.54) is 6.20 Å². The number of ether oxygens (including phenoxy) is 1. The Bertz CT molecular complexity index is 598. The Balaban J connectivity index is 2.54. The quantitative estimate of drug-likeness (QED) is 0.794. The average Bonchev–Trinajstić information content (AvgIpc) is 2.33. The van der Waals surface area contributed by atoms with E-state index in [-0.39, 0.29) is 6.54 Å². The minimum absolute atomic E-state index is 0.188. The minimum Gasteiger partial charge on any atom is -0.444 e. The molecule has 0 unspecified atom stereocenters. The Morgan fingerprint density at radius 2 is 2.20 bits per heavy atom. The van der Waals surface area contributed by atoms with Crippen molar-refractivity contribution >= 4 is 6.09 Å². The van der Waals surface area contributed by atoms with Gasteiger partial charge in [0.1, 0.15) is 17.4 Å². The third-order valence-electron chi connectivity index (χ3n) is 2.14. The van der Waals surface area contributed by atoms with Gasteiger partial charge in [-0.1, -0.05) is 11.8 Å². The number of pyridine rings is 1. The zero-order chi connectivity index (χ0) is 15.2. The SMILES string of the molecule is Cc1cc(C#CCNC(=O)OC(C)(C)C)cnc1C#N. The maximum Gasteiger partial charge on any atom is 0.408 e. The largest absolute Gasteiger partial charge is 0.444 e. The summed E-state index contributed by atoms with van der Waals surface area (Å²) in [6, 6.07) is 3.78. The van der Waals surface area contributed by atoms with Crippen molar-refractivity contribution in [3.8, 4) is 17.9 Å². The molecule has 20 heavy (non-hydrogen) atoms. The van der Waals surface area contributed by atoms with Crippen molar-refractivity contribution in [1.82, 2.24) is 10.3 Å². The number of aromatic nitrogens is 1. The number of carbonyl (C=O) groups is 1. The van der Waals surface area contributed by atoms with Gasteiger partial charge in [0, 0.05) is 11.8 Å². The summed E-state index contributed by atoms with van der Waals surface area (Å²) in [6.45, 7) is 7.38. The van der Waals surface area contributed by atoms with Crippen molar-refractivity contribution in [2.24, 2.45) is 0 Å². The van der Waals surface area contributed by atoms with Gasteiger partial charge >= 0.3 is 6.09 Å². The molecule has 1 rings (SSSR count). The summed E-state index contributed by atoms with van der Waals surface area (Å²) < 4.78 is 5.07. The summed E-state index contributed by atoms with van der Waals surface area (Å²) in [5, 5.41) is 11.3. The molecule has 0 bridgehead atoms. The molecule has 1 aromatic heterocycles. The number of nitrogens with zero attached hydrogens (tertiary/aromatic N) is 2. The Morgan fingerprint density at radius 1 is 1.50 bits per heavy atom. The normalized spacial score (nSPS) is 9.95. The maximum atomic E-state index is 11.4. The van der Waals surface area contributed by atoms with Crippen molar-refractivity contribution in [2.75, 3.05) is 6.54 Å². The van der Waals surface area contributed by atoms with E-state index in [0.717, 1.165) is 5.56 Å². The molecule has 5 heteroatoms. The van der Waals surface area contributed by atoms with E-state index in [2.05, 4.69) is 22.1 Å². The first kappa shape index (κ1) is 15.5. The van der Waals surface area contributed by atoms with E-state index in [9.17, 15) is 4.79 Å². The first-order chi connectivity index (χ1) is 9.31. The van der Waals surface area contributed by atoms with Gasteiger partial charge in [-0.3, -0.25) is 0 Å². The topological polar surface area (TPSA) is 75.0 Å². The minimum atomic E-state index is -0.522. The van der Waals surface area contributed by atoms with Gasteiger partial charge in [0.2, 0.25) is 0 Å². The van der Waals surface area contributed by atoms with Crippen LogP contribution in [0.3, 0.4) is 0 Å². The van der Waals surface area contributed by atoms with E-state index >= 15 is 0 Å². The molecule has 0 saturated carbocycles. The van der Waals surface area contributed by atoms with Crippen molar-refractivity contribution in [1.29, 1.82) is 5.26 Å². The van der Waals surface area contributed by atoms with Gasteiger partial charge in [0.05, 0.1) is 6.54 Å². The Labute approximate surface area is 119 Å². The lowest BCUT2D eigenvalue weighted by molar-refractivity contribution is 0.0535. The average molecular weight is 271 g/mol. The molecule has 0 spiro atoms. The summed E-state index contributed by atoms with van der Waals surface area (Å²) >= 11 is 0. The number of hydrogen-bond donors (Lipinski definition) is 1. The van der Waals surface area contributed by atoms with E-state index in [0.29, 0.717) is 11.3 Å². The molecule has 0 fully saturated rings. The van der Waals surface area contributed by atoms with E-state index in [1.807, 2.05) is 6.07 Å². The molecular formula is C15H17N3O2. The van der Waals surface area contributed by atoms with E-state index in [1.54, 1.807) is 33.8 Å². The predicted octanol–water partition coefficient (Wildman–Crippen LogP) is 2.14. The first-order valence-electron chi connectivity index (χ1n) is 6.14. The van der Waals surface area contributed by atoms with Crippen LogP contribution in [0, 0.1) is 30.1 Å². The fraction of sp³-hybridized carbons (Fsp3) is 0.400. The first-order valence-corrected chi connectivity index (χ1v) is 6.14.